The predicted molar refractivity (Wildman–Crippen MR) is 76.8 cm³/mol. The number of fused-ring (bicyclic) bond motifs is 1. The molecule has 1 aromatic carbocycles. The minimum atomic E-state index is 0.613. The third-order valence-electron chi connectivity index (χ3n) is 2.81. The van der Waals surface area contributed by atoms with Crippen LogP contribution in [0.5, 0.6) is 0 Å². The first-order valence-corrected chi connectivity index (χ1v) is 6.58. The largest absolute Gasteiger partial charge is 0.338 e. The lowest BCUT2D eigenvalue weighted by Gasteiger charge is -2.01. The van der Waals surface area contributed by atoms with Crippen LogP contribution in [0.4, 0.5) is 0 Å². The molecule has 1 N–H and O–H groups in total. The number of hydrogen-bond acceptors (Lipinski definition) is 2. The lowest BCUT2D eigenvalue weighted by molar-refractivity contribution is 1.26. The van der Waals surface area contributed by atoms with Crippen LogP contribution in [0.15, 0.2) is 35.1 Å². The van der Waals surface area contributed by atoms with E-state index in [1.165, 1.54) is 0 Å². The first-order valence-electron chi connectivity index (χ1n) is 5.41. The molecule has 3 nitrogen and oxygen atoms in total. The summed E-state index contributed by atoms with van der Waals surface area (Å²) in [6.07, 6.45) is 3.37. The molecule has 0 amide bonds. The summed E-state index contributed by atoms with van der Waals surface area (Å²) in [5.41, 5.74) is 3.89. The van der Waals surface area contributed by atoms with E-state index in [1.54, 1.807) is 12.4 Å². The molecule has 90 valence electrons. The predicted octanol–water partition coefficient (Wildman–Crippen LogP) is 4.35. The molecule has 5 heteroatoms. The van der Waals surface area contributed by atoms with Crippen LogP contribution in [0.2, 0.25) is 5.02 Å². The summed E-state index contributed by atoms with van der Waals surface area (Å²) in [6, 6.07) is 6.03. The molecule has 0 saturated heterocycles. The van der Waals surface area contributed by atoms with Crippen LogP contribution in [-0.2, 0) is 0 Å². The lowest BCUT2D eigenvalue weighted by Crippen LogP contribution is -1.85. The molecule has 0 radical (unpaired) electrons. The maximum absolute atomic E-state index is 6.25. The molecule has 0 unspecified atom stereocenters. The van der Waals surface area contributed by atoms with Gasteiger partial charge < -0.3 is 4.98 Å². The third kappa shape index (κ3) is 1.82. The van der Waals surface area contributed by atoms with Gasteiger partial charge in [0, 0.05) is 12.4 Å². The fraction of sp³-hybridized carbons (Fsp3) is 0.0769. The van der Waals surface area contributed by atoms with Crippen molar-refractivity contribution in [2.45, 2.75) is 6.92 Å². The van der Waals surface area contributed by atoms with E-state index in [9.17, 15) is 0 Å². The van der Waals surface area contributed by atoms with Gasteiger partial charge in [-0.2, -0.15) is 0 Å². The number of aromatic amines is 1. The quantitative estimate of drug-likeness (QED) is 0.723. The Bertz CT molecular complexity index is 736. The van der Waals surface area contributed by atoms with E-state index in [4.69, 9.17) is 11.6 Å². The number of aromatic nitrogens is 3. The van der Waals surface area contributed by atoms with Gasteiger partial charge >= 0.3 is 0 Å². The number of nitrogens with zero attached hydrogens (tertiary/aromatic N) is 2. The molecule has 0 bridgehead atoms. The van der Waals surface area contributed by atoms with Gasteiger partial charge in [0.2, 0.25) is 0 Å². The van der Waals surface area contributed by atoms with Crippen LogP contribution in [0.1, 0.15) is 5.56 Å². The number of para-hydroxylation sites is 1. The van der Waals surface area contributed by atoms with E-state index in [0.29, 0.717) is 5.02 Å². The highest BCUT2D eigenvalue weighted by Crippen LogP contribution is 2.32. The molecule has 0 aliphatic rings. The van der Waals surface area contributed by atoms with Crippen molar-refractivity contribution in [1.29, 1.82) is 0 Å². The Morgan fingerprint density at radius 2 is 2.11 bits per heavy atom. The zero-order valence-electron chi connectivity index (χ0n) is 9.54. The summed E-state index contributed by atoms with van der Waals surface area (Å²) >= 11 is 9.61. The number of hydrogen-bond donors (Lipinski definition) is 1. The normalized spacial score (nSPS) is 11.1. The fourth-order valence-corrected chi connectivity index (χ4v) is 2.41. The van der Waals surface area contributed by atoms with Crippen LogP contribution in [0.3, 0.4) is 0 Å². The molecule has 2 heterocycles. The van der Waals surface area contributed by atoms with Crippen molar-refractivity contribution in [3.63, 3.8) is 0 Å². The fourth-order valence-electron chi connectivity index (χ4n) is 1.89. The first-order chi connectivity index (χ1) is 8.66. The Balaban J connectivity index is 2.26. The summed E-state index contributed by atoms with van der Waals surface area (Å²) in [5, 5.41) is 0.613. The van der Waals surface area contributed by atoms with Crippen LogP contribution < -0.4 is 0 Å². The van der Waals surface area contributed by atoms with E-state index < -0.39 is 0 Å². The van der Waals surface area contributed by atoms with Crippen LogP contribution in [0.25, 0.3) is 22.4 Å². The minimum Gasteiger partial charge on any atom is -0.338 e. The molecular formula is C13H9BrClN3. The summed E-state index contributed by atoms with van der Waals surface area (Å²) in [4.78, 5) is 12.0. The van der Waals surface area contributed by atoms with Crippen molar-refractivity contribution >= 4 is 38.6 Å². The van der Waals surface area contributed by atoms with Crippen molar-refractivity contribution in [3.8, 4) is 11.4 Å². The SMILES string of the molecule is Cc1cccc2[nH]c(-c3cncc(Br)c3Cl)nc12. The van der Waals surface area contributed by atoms with Gasteiger partial charge in [0.25, 0.3) is 0 Å². The molecule has 18 heavy (non-hydrogen) atoms. The Hall–Kier alpha value is -1.39. The molecule has 0 atom stereocenters. The lowest BCUT2D eigenvalue weighted by atomic mass is 10.2. The van der Waals surface area contributed by atoms with Crippen LogP contribution >= 0.6 is 27.5 Å². The molecule has 0 aliphatic heterocycles. The monoisotopic (exact) mass is 321 g/mol. The Labute approximate surface area is 117 Å². The smallest absolute Gasteiger partial charge is 0.141 e. The van der Waals surface area contributed by atoms with E-state index in [-0.39, 0.29) is 0 Å². The number of H-pyrrole nitrogens is 1. The zero-order chi connectivity index (χ0) is 12.7. The number of pyridine rings is 1. The highest BCUT2D eigenvalue weighted by molar-refractivity contribution is 9.10. The second-order valence-corrected chi connectivity index (χ2v) is 5.27. The average Bonchev–Trinajstić information content (AvgIpc) is 2.78. The van der Waals surface area contributed by atoms with Gasteiger partial charge in [-0.25, -0.2) is 4.98 Å². The number of aryl methyl sites for hydroxylation is 1. The molecular weight excluding hydrogens is 314 g/mol. The van der Waals surface area contributed by atoms with Gasteiger partial charge in [-0.3, -0.25) is 4.98 Å². The first kappa shape index (κ1) is 11.7. The second kappa shape index (κ2) is 4.37. The third-order valence-corrected chi connectivity index (χ3v) is 4.04. The number of halogens is 2. The zero-order valence-corrected chi connectivity index (χ0v) is 11.9. The van der Waals surface area contributed by atoms with Crippen molar-refractivity contribution in [1.82, 2.24) is 15.0 Å². The highest BCUT2D eigenvalue weighted by atomic mass is 79.9. The number of imidazole rings is 1. The Kier molecular flexibility index (Phi) is 2.84. The maximum Gasteiger partial charge on any atom is 0.141 e. The van der Waals surface area contributed by atoms with Gasteiger partial charge in [0.05, 0.1) is 26.1 Å². The number of benzene rings is 1. The van der Waals surface area contributed by atoms with Crippen molar-refractivity contribution < 1.29 is 0 Å². The van der Waals surface area contributed by atoms with Crippen molar-refractivity contribution in [2.24, 2.45) is 0 Å². The topological polar surface area (TPSA) is 41.6 Å². The molecule has 3 aromatic rings. The van der Waals surface area contributed by atoms with E-state index >= 15 is 0 Å². The van der Waals surface area contributed by atoms with Crippen molar-refractivity contribution in [3.05, 3.63) is 45.7 Å². The number of nitrogens with one attached hydrogen (secondary N) is 1. The summed E-state index contributed by atoms with van der Waals surface area (Å²) in [6.45, 7) is 2.04. The van der Waals surface area contributed by atoms with Gasteiger partial charge in [0.15, 0.2) is 0 Å². The number of rotatable bonds is 1. The highest BCUT2D eigenvalue weighted by Gasteiger charge is 2.12. The average molecular weight is 323 g/mol. The Morgan fingerprint density at radius 1 is 1.28 bits per heavy atom. The Morgan fingerprint density at radius 3 is 2.89 bits per heavy atom. The molecule has 0 spiro atoms. The standard InChI is InChI=1S/C13H9BrClN3/c1-7-3-2-4-10-12(7)18-13(17-10)8-5-16-6-9(14)11(8)15/h2-6H,1H3,(H,17,18). The van der Waals surface area contributed by atoms with Gasteiger partial charge in [-0.05, 0) is 34.5 Å². The second-order valence-electron chi connectivity index (χ2n) is 4.04. The van der Waals surface area contributed by atoms with E-state index in [0.717, 1.165) is 32.5 Å². The summed E-state index contributed by atoms with van der Waals surface area (Å²) in [7, 11) is 0. The maximum atomic E-state index is 6.25. The van der Waals surface area contributed by atoms with E-state index in [2.05, 4.69) is 30.9 Å². The molecule has 2 aromatic heterocycles. The summed E-state index contributed by atoms with van der Waals surface area (Å²) < 4.78 is 0.763. The molecule has 3 rings (SSSR count). The van der Waals surface area contributed by atoms with Gasteiger partial charge in [0.1, 0.15) is 5.82 Å². The molecule has 0 saturated carbocycles. The molecule has 0 fully saturated rings. The minimum absolute atomic E-state index is 0.613. The van der Waals surface area contributed by atoms with E-state index in [1.807, 2.05) is 25.1 Å². The van der Waals surface area contributed by atoms with Crippen LogP contribution in [-0.4, -0.2) is 15.0 Å². The summed E-state index contributed by atoms with van der Waals surface area (Å²) in [5.74, 6) is 0.734. The molecule has 0 aliphatic carbocycles. The van der Waals surface area contributed by atoms with Crippen LogP contribution in [0, 0.1) is 6.92 Å². The van der Waals surface area contributed by atoms with Gasteiger partial charge in [-0.15, -0.1) is 0 Å². The van der Waals surface area contributed by atoms with Gasteiger partial charge in [-0.1, -0.05) is 23.7 Å². The van der Waals surface area contributed by atoms with Crippen molar-refractivity contribution in [2.75, 3.05) is 0 Å².